The molecule has 98 valence electrons. The van der Waals surface area contributed by atoms with Gasteiger partial charge in [-0.25, -0.2) is 4.39 Å². The van der Waals surface area contributed by atoms with E-state index in [-0.39, 0.29) is 5.82 Å². The lowest BCUT2D eigenvalue weighted by Gasteiger charge is -2.03. The average molecular weight is 256 g/mol. The molecular formula is C17H17FO. The number of hydrogen-bond acceptors (Lipinski definition) is 1. The summed E-state index contributed by atoms with van der Waals surface area (Å²) in [5.41, 5.74) is 2.77. The van der Waals surface area contributed by atoms with E-state index in [0.29, 0.717) is 5.56 Å². The first-order valence-corrected chi connectivity index (χ1v) is 6.25. The molecule has 0 radical (unpaired) electrons. The highest BCUT2D eigenvalue weighted by atomic mass is 19.1. The Morgan fingerprint density at radius 1 is 1.16 bits per heavy atom. The van der Waals surface area contributed by atoms with Crippen LogP contribution in [0.5, 0.6) is 5.75 Å². The molecule has 0 unspecified atom stereocenters. The number of rotatable bonds is 4. The zero-order valence-electron chi connectivity index (χ0n) is 11.2. The van der Waals surface area contributed by atoms with Gasteiger partial charge in [-0.05, 0) is 48.2 Å². The van der Waals surface area contributed by atoms with E-state index in [1.165, 1.54) is 11.6 Å². The summed E-state index contributed by atoms with van der Waals surface area (Å²) in [7, 11) is 1.66. The number of allylic oxidation sites excluding steroid dienone is 1. The molecule has 0 atom stereocenters. The minimum atomic E-state index is -0.163. The van der Waals surface area contributed by atoms with Gasteiger partial charge >= 0.3 is 0 Å². The van der Waals surface area contributed by atoms with Crippen molar-refractivity contribution in [2.24, 2.45) is 0 Å². The molecule has 0 aliphatic rings. The van der Waals surface area contributed by atoms with Crippen LogP contribution in [-0.2, 0) is 6.42 Å². The summed E-state index contributed by atoms with van der Waals surface area (Å²) in [6.45, 7) is 1.79. The summed E-state index contributed by atoms with van der Waals surface area (Å²) in [4.78, 5) is 0. The van der Waals surface area contributed by atoms with Crippen LogP contribution in [0.25, 0.3) is 6.08 Å². The van der Waals surface area contributed by atoms with Crippen LogP contribution in [0.15, 0.2) is 48.5 Å². The van der Waals surface area contributed by atoms with Gasteiger partial charge in [-0.2, -0.15) is 0 Å². The molecule has 0 bridgehead atoms. The number of halogens is 1. The summed E-state index contributed by atoms with van der Waals surface area (Å²) in [6, 6.07) is 13.1. The van der Waals surface area contributed by atoms with Gasteiger partial charge in [-0.1, -0.05) is 36.4 Å². The maximum absolute atomic E-state index is 13.4. The van der Waals surface area contributed by atoms with Gasteiger partial charge in [0.25, 0.3) is 0 Å². The monoisotopic (exact) mass is 256 g/mol. The summed E-state index contributed by atoms with van der Waals surface area (Å²) in [6.07, 6.45) is 4.79. The van der Waals surface area contributed by atoms with Crippen molar-refractivity contribution in [2.75, 3.05) is 7.11 Å². The van der Waals surface area contributed by atoms with Crippen molar-refractivity contribution in [2.45, 2.75) is 13.3 Å². The molecule has 0 spiro atoms. The van der Waals surface area contributed by atoms with E-state index in [9.17, 15) is 4.39 Å². The maximum atomic E-state index is 13.4. The molecule has 2 aromatic carbocycles. The number of methoxy groups -OCH3 is 1. The van der Waals surface area contributed by atoms with E-state index >= 15 is 0 Å². The molecule has 0 heterocycles. The lowest BCUT2D eigenvalue weighted by atomic mass is 10.1. The summed E-state index contributed by atoms with van der Waals surface area (Å²) in [5.74, 6) is 0.691. The Bertz CT molecular complexity index is 588. The highest BCUT2D eigenvalue weighted by molar-refractivity contribution is 5.54. The minimum Gasteiger partial charge on any atom is -0.497 e. The Hall–Kier alpha value is -2.09. The first kappa shape index (κ1) is 13.3. The van der Waals surface area contributed by atoms with Crippen LogP contribution < -0.4 is 4.74 Å². The summed E-state index contributed by atoms with van der Waals surface area (Å²) >= 11 is 0. The lowest BCUT2D eigenvalue weighted by molar-refractivity contribution is 0.414. The highest BCUT2D eigenvalue weighted by Crippen LogP contribution is 2.16. The van der Waals surface area contributed by atoms with Crippen LogP contribution in [0.1, 0.15) is 16.7 Å². The largest absolute Gasteiger partial charge is 0.497 e. The molecule has 2 heteroatoms. The molecule has 0 aliphatic heterocycles. The van der Waals surface area contributed by atoms with Crippen LogP contribution in [0.4, 0.5) is 4.39 Å². The molecule has 2 rings (SSSR count). The highest BCUT2D eigenvalue weighted by Gasteiger charge is 1.99. The molecule has 0 fully saturated rings. The van der Waals surface area contributed by atoms with Crippen LogP contribution in [0.3, 0.4) is 0 Å². The van der Waals surface area contributed by atoms with Gasteiger partial charge in [0.05, 0.1) is 7.11 Å². The topological polar surface area (TPSA) is 9.23 Å². The van der Waals surface area contributed by atoms with Gasteiger partial charge < -0.3 is 4.74 Å². The second-order valence-electron chi connectivity index (χ2n) is 4.41. The number of benzene rings is 2. The van der Waals surface area contributed by atoms with Gasteiger partial charge in [0.15, 0.2) is 0 Å². The van der Waals surface area contributed by atoms with E-state index in [4.69, 9.17) is 4.74 Å². The van der Waals surface area contributed by atoms with Gasteiger partial charge in [0.2, 0.25) is 0 Å². The molecule has 0 aliphatic carbocycles. The quantitative estimate of drug-likeness (QED) is 0.788. The van der Waals surface area contributed by atoms with Crippen molar-refractivity contribution in [1.82, 2.24) is 0 Å². The Balaban J connectivity index is 2.09. The molecule has 0 N–H and O–H groups in total. The van der Waals surface area contributed by atoms with Crippen molar-refractivity contribution < 1.29 is 9.13 Å². The van der Waals surface area contributed by atoms with Crippen LogP contribution in [0.2, 0.25) is 0 Å². The maximum Gasteiger partial charge on any atom is 0.126 e. The molecule has 0 saturated heterocycles. The van der Waals surface area contributed by atoms with E-state index in [2.05, 4.69) is 0 Å². The van der Waals surface area contributed by atoms with E-state index < -0.39 is 0 Å². The standard InChI is InChI=1S/C17H17FO/c1-13-15(9-5-11-17(13)18)8-3-6-14-7-4-10-16(12-14)19-2/h3-5,7-12H,6H2,1-2H3. The van der Waals surface area contributed by atoms with Crippen LogP contribution in [-0.4, -0.2) is 7.11 Å². The number of ether oxygens (including phenoxy) is 1. The number of hydrogen-bond donors (Lipinski definition) is 0. The second kappa shape index (κ2) is 6.19. The summed E-state index contributed by atoms with van der Waals surface area (Å²) in [5, 5.41) is 0. The molecule has 1 nitrogen and oxygen atoms in total. The third kappa shape index (κ3) is 3.44. The van der Waals surface area contributed by atoms with Crippen molar-refractivity contribution in [3.8, 4) is 5.75 Å². The van der Waals surface area contributed by atoms with Gasteiger partial charge in [0.1, 0.15) is 11.6 Å². The van der Waals surface area contributed by atoms with Gasteiger partial charge in [-0.15, -0.1) is 0 Å². The van der Waals surface area contributed by atoms with Crippen molar-refractivity contribution in [3.05, 3.63) is 71.0 Å². The third-order valence-electron chi connectivity index (χ3n) is 3.09. The first-order chi connectivity index (χ1) is 9.20. The summed E-state index contributed by atoms with van der Waals surface area (Å²) < 4.78 is 18.6. The predicted molar refractivity (Wildman–Crippen MR) is 76.9 cm³/mol. The van der Waals surface area contributed by atoms with E-state index in [1.807, 2.05) is 42.5 Å². The zero-order valence-corrected chi connectivity index (χ0v) is 11.2. The zero-order chi connectivity index (χ0) is 13.7. The van der Waals surface area contributed by atoms with E-state index in [0.717, 1.165) is 17.7 Å². The smallest absolute Gasteiger partial charge is 0.126 e. The second-order valence-corrected chi connectivity index (χ2v) is 4.41. The fourth-order valence-corrected chi connectivity index (χ4v) is 1.93. The Kier molecular flexibility index (Phi) is 4.35. The van der Waals surface area contributed by atoms with Gasteiger partial charge in [0, 0.05) is 0 Å². The molecule has 0 amide bonds. The fraction of sp³-hybridized carbons (Fsp3) is 0.176. The molecule has 19 heavy (non-hydrogen) atoms. The van der Waals surface area contributed by atoms with Crippen molar-refractivity contribution in [3.63, 3.8) is 0 Å². The first-order valence-electron chi connectivity index (χ1n) is 6.25. The van der Waals surface area contributed by atoms with Crippen LogP contribution in [0, 0.1) is 12.7 Å². The van der Waals surface area contributed by atoms with Crippen molar-refractivity contribution >= 4 is 6.08 Å². The Morgan fingerprint density at radius 2 is 1.95 bits per heavy atom. The lowest BCUT2D eigenvalue weighted by Crippen LogP contribution is -1.87. The molecule has 0 aromatic heterocycles. The van der Waals surface area contributed by atoms with E-state index in [1.54, 1.807) is 20.1 Å². The fourth-order valence-electron chi connectivity index (χ4n) is 1.93. The normalized spacial score (nSPS) is 10.9. The molecule has 0 saturated carbocycles. The Morgan fingerprint density at radius 3 is 2.74 bits per heavy atom. The van der Waals surface area contributed by atoms with Gasteiger partial charge in [-0.3, -0.25) is 0 Å². The van der Waals surface area contributed by atoms with Crippen LogP contribution >= 0.6 is 0 Å². The molecular weight excluding hydrogens is 239 g/mol. The molecule has 2 aromatic rings. The Labute approximate surface area is 113 Å². The average Bonchev–Trinajstić information content (AvgIpc) is 2.44. The third-order valence-corrected chi connectivity index (χ3v) is 3.09. The predicted octanol–water partition coefficient (Wildman–Crippen LogP) is 4.40. The SMILES string of the molecule is COc1cccc(CC=Cc2cccc(F)c2C)c1. The van der Waals surface area contributed by atoms with Crippen molar-refractivity contribution in [1.29, 1.82) is 0 Å². The minimum absolute atomic E-state index is 0.163.